The number of ether oxygens (including phenoxy) is 1. The Morgan fingerprint density at radius 1 is 1.21 bits per heavy atom. The molecule has 1 aliphatic heterocycles. The van der Waals surface area contributed by atoms with Gasteiger partial charge in [-0.3, -0.25) is 9.59 Å². The van der Waals surface area contributed by atoms with E-state index in [2.05, 4.69) is 11.4 Å². The summed E-state index contributed by atoms with van der Waals surface area (Å²) in [5.74, 6) is -0.359. The van der Waals surface area contributed by atoms with Gasteiger partial charge < -0.3 is 15.8 Å². The molecule has 1 unspecified atom stereocenters. The fourth-order valence-electron chi connectivity index (χ4n) is 2.90. The lowest BCUT2D eigenvalue weighted by Gasteiger charge is -2.25. The maximum absolute atomic E-state index is 12.1. The molecule has 1 heterocycles. The Morgan fingerprint density at radius 3 is 2.57 bits per heavy atom. The summed E-state index contributed by atoms with van der Waals surface area (Å²) in [5, 5.41) is 12.7. The van der Waals surface area contributed by atoms with E-state index in [1.54, 1.807) is 0 Å². The van der Waals surface area contributed by atoms with Gasteiger partial charge >= 0.3 is 0 Å². The van der Waals surface area contributed by atoms with E-state index in [0.29, 0.717) is 23.0 Å². The van der Waals surface area contributed by atoms with Crippen molar-refractivity contribution in [3.8, 4) is 11.8 Å². The Hall–Kier alpha value is -3.24. The summed E-state index contributed by atoms with van der Waals surface area (Å²) in [4.78, 5) is 23.1. The minimum atomic E-state index is -0.508. The number of hydrogen-bond acceptors (Lipinski definition) is 5. The zero-order valence-electron chi connectivity index (χ0n) is 15.1. The molecule has 28 heavy (non-hydrogen) atoms. The number of allylic oxidation sites excluding steroid dienone is 1. The van der Waals surface area contributed by atoms with Crippen LogP contribution in [0.25, 0.3) is 0 Å². The van der Waals surface area contributed by atoms with E-state index in [-0.39, 0.29) is 24.0 Å². The van der Waals surface area contributed by atoms with Crippen LogP contribution in [0.2, 0.25) is 0 Å². The second-order valence-electron chi connectivity index (χ2n) is 6.26. The second kappa shape index (κ2) is 9.11. The minimum absolute atomic E-state index is 0.000221. The summed E-state index contributed by atoms with van der Waals surface area (Å²) >= 11 is 1.08. The largest absolute Gasteiger partial charge is 0.489 e. The Morgan fingerprint density at radius 2 is 1.93 bits per heavy atom. The van der Waals surface area contributed by atoms with Crippen molar-refractivity contribution in [3.05, 3.63) is 76.3 Å². The molecule has 0 saturated heterocycles. The van der Waals surface area contributed by atoms with Gasteiger partial charge in [-0.05, 0) is 23.3 Å². The first-order valence-corrected chi connectivity index (χ1v) is 9.67. The van der Waals surface area contributed by atoms with E-state index >= 15 is 0 Å². The highest BCUT2D eigenvalue weighted by Gasteiger charge is 2.29. The first kappa shape index (κ1) is 19.5. The number of hydrogen-bond donors (Lipinski definition) is 2. The first-order chi connectivity index (χ1) is 13.6. The molecule has 2 amide bonds. The topological polar surface area (TPSA) is 105 Å². The summed E-state index contributed by atoms with van der Waals surface area (Å²) in [6, 6.07) is 19.4. The molecule has 0 radical (unpaired) electrons. The molecular formula is C21H19N3O3S. The van der Waals surface area contributed by atoms with Crippen molar-refractivity contribution >= 4 is 23.6 Å². The Labute approximate surface area is 167 Å². The van der Waals surface area contributed by atoms with Crippen LogP contribution in [0.4, 0.5) is 0 Å². The molecule has 2 aromatic carbocycles. The van der Waals surface area contributed by atoms with Crippen LogP contribution < -0.4 is 15.8 Å². The fourth-order valence-corrected chi connectivity index (χ4v) is 3.71. The number of thioether (sulfide) groups is 1. The monoisotopic (exact) mass is 393 g/mol. The van der Waals surface area contributed by atoms with Crippen LogP contribution in [-0.4, -0.2) is 17.6 Å². The Balaban J connectivity index is 1.75. The highest BCUT2D eigenvalue weighted by atomic mass is 32.2. The third kappa shape index (κ3) is 4.93. The van der Waals surface area contributed by atoms with Gasteiger partial charge in [0, 0.05) is 12.3 Å². The van der Waals surface area contributed by atoms with Crippen LogP contribution in [0.15, 0.2) is 65.2 Å². The molecule has 3 N–H and O–H groups in total. The van der Waals surface area contributed by atoms with Gasteiger partial charge in [0.25, 0.3) is 0 Å². The van der Waals surface area contributed by atoms with Crippen LogP contribution in [0.3, 0.4) is 0 Å². The van der Waals surface area contributed by atoms with E-state index in [1.165, 1.54) is 0 Å². The SMILES string of the molecule is N#CC1=C(SCC(N)=O)NC(=O)CC1c1ccc(OCc2ccccc2)cc1. The summed E-state index contributed by atoms with van der Waals surface area (Å²) < 4.78 is 5.78. The molecule has 0 saturated carbocycles. The molecule has 0 fully saturated rings. The number of primary amides is 1. The van der Waals surface area contributed by atoms with Gasteiger partial charge in [-0.2, -0.15) is 5.26 Å². The van der Waals surface area contributed by atoms with E-state index in [4.69, 9.17) is 10.5 Å². The summed E-state index contributed by atoms with van der Waals surface area (Å²) in [5.41, 5.74) is 7.52. The molecule has 142 valence electrons. The summed E-state index contributed by atoms with van der Waals surface area (Å²) in [6.45, 7) is 0.462. The lowest BCUT2D eigenvalue weighted by molar-refractivity contribution is -0.121. The van der Waals surface area contributed by atoms with Gasteiger partial charge in [-0.1, -0.05) is 54.2 Å². The predicted octanol–water partition coefficient (Wildman–Crippen LogP) is 2.82. The molecule has 7 heteroatoms. The van der Waals surface area contributed by atoms with E-state index < -0.39 is 5.91 Å². The van der Waals surface area contributed by atoms with Crippen molar-refractivity contribution in [1.82, 2.24) is 5.32 Å². The first-order valence-electron chi connectivity index (χ1n) is 8.68. The maximum atomic E-state index is 12.1. The van der Waals surface area contributed by atoms with E-state index in [0.717, 1.165) is 22.9 Å². The highest BCUT2D eigenvalue weighted by molar-refractivity contribution is 8.03. The molecule has 3 rings (SSSR count). The van der Waals surface area contributed by atoms with Gasteiger partial charge in [0.05, 0.1) is 22.4 Å². The van der Waals surface area contributed by atoms with E-state index in [9.17, 15) is 14.9 Å². The molecule has 2 aromatic rings. The van der Waals surface area contributed by atoms with Crippen molar-refractivity contribution in [2.24, 2.45) is 5.73 Å². The highest BCUT2D eigenvalue weighted by Crippen LogP contribution is 2.36. The normalized spacial score (nSPS) is 16.2. The summed E-state index contributed by atoms with van der Waals surface area (Å²) in [7, 11) is 0. The number of nitrogens with two attached hydrogens (primary N) is 1. The van der Waals surface area contributed by atoms with Crippen LogP contribution in [0.1, 0.15) is 23.5 Å². The number of nitrogens with one attached hydrogen (secondary N) is 1. The maximum Gasteiger partial charge on any atom is 0.227 e. The van der Waals surface area contributed by atoms with Crippen LogP contribution in [-0.2, 0) is 16.2 Å². The summed E-state index contributed by atoms with van der Waals surface area (Å²) in [6.07, 6.45) is 0.174. The Bertz CT molecular complexity index is 934. The van der Waals surface area contributed by atoms with Crippen LogP contribution in [0.5, 0.6) is 5.75 Å². The number of carbonyl (C=O) groups is 2. The molecule has 1 aliphatic rings. The number of nitriles is 1. The van der Waals surface area contributed by atoms with Crippen molar-refractivity contribution in [1.29, 1.82) is 5.26 Å². The number of amides is 2. The lowest BCUT2D eigenvalue weighted by Crippen LogP contribution is -2.31. The standard InChI is InChI=1S/C21H19N3O3S/c22-11-18-17(10-20(26)24-21(18)28-13-19(23)25)15-6-8-16(9-7-15)27-12-14-4-2-1-3-5-14/h1-9,17H,10,12-13H2,(H2,23,25)(H,24,26). The van der Waals surface area contributed by atoms with Gasteiger partial charge in [-0.15, -0.1) is 0 Å². The molecule has 0 bridgehead atoms. The number of nitrogens with zero attached hydrogens (tertiary/aromatic N) is 1. The van der Waals surface area contributed by atoms with Crippen LogP contribution >= 0.6 is 11.8 Å². The number of rotatable bonds is 7. The van der Waals surface area contributed by atoms with Gasteiger partial charge in [0.15, 0.2) is 0 Å². The predicted molar refractivity (Wildman–Crippen MR) is 107 cm³/mol. The van der Waals surface area contributed by atoms with Crippen molar-refractivity contribution in [3.63, 3.8) is 0 Å². The third-order valence-corrected chi connectivity index (χ3v) is 5.29. The van der Waals surface area contributed by atoms with Crippen LogP contribution in [0, 0.1) is 11.3 Å². The molecule has 0 spiro atoms. The van der Waals surface area contributed by atoms with E-state index in [1.807, 2.05) is 54.6 Å². The minimum Gasteiger partial charge on any atom is -0.489 e. The molecule has 0 aliphatic carbocycles. The van der Waals surface area contributed by atoms with Crippen molar-refractivity contribution in [2.45, 2.75) is 18.9 Å². The number of benzene rings is 2. The third-order valence-electron chi connectivity index (χ3n) is 4.25. The second-order valence-corrected chi connectivity index (χ2v) is 7.24. The quantitative estimate of drug-likeness (QED) is 0.752. The van der Waals surface area contributed by atoms with Gasteiger partial charge in [0.1, 0.15) is 12.4 Å². The van der Waals surface area contributed by atoms with Gasteiger partial charge in [0.2, 0.25) is 11.8 Å². The molecule has 1 atom stereocenters. The zero-order chi connectivity index (χ0) is 19.9. The van der Waals surface area contributed by atoms with Gasteiger partial charge in [-0.25, -0.2) is 0 Å². The Kier molecular flexibility index (Phi) is 6.35. The molecular weight excluding hydrogens is 374 g/mol. The lowest BCUT2D eigenvalue weighted by atomic mass is 9.87. The smallest absolute Gasteiger partial charge is 0.227 e. The molecule has 6 nitrogen and oxygen atoms in total. The zero-order valence-corrected chi connectivity index (χ0v) is 15.9. The molecule has 0 aromatic heterocycles. The van der Waals surface area contributed by atoms with Crippen molar-refractivity contribution < 1.29 is 14.3 Å². The average Bonchev–Trinajstić information content (AvgIpc) is 2.71. The fraction of sp³-hybridized carbons (Fsp3) is 0.190. The van der Waals surface area contributed by atoms with Crippen molar-refractivity contribution in [2.75, 3.05) is 5.75 Å². The number of carbonyl (C=O) groups excluding carboxylic acids is 2. The average molecular weight is 393 g/mol.